The van der Waals surface area contributed by atoms with Crippen molar-refractivity contribution in [3.8, 4) is 5.75 Å². The summed E-state index contributed by atoms with van der Waals surface area (Å²) >= 11 is 0. The maximum Gasteiger partial charge on any atom is 0.307 e. The van der Waals surface area contributed by atoms with Gasteiger partial charge in [-0.05, 0) is 31.5 Å². The van der Waals surface area contributed by atoms with Crippen molar-refractivity contribution in [2.75, 3.05) is 26.2 Å². The minimum atomic E-state index is -0.820. The summed E-state index contributed by atoms with van der Waals surface area (Å²) in [5, 5.41) is 8.72. The number of hydrogen-bond donors (Lipinski definition) is 1. The van der Waals surface area contributed by atoms with Crippen LogP contribution >= 0.6 is 0 Å². The molecule has 1 saturated heterocycles. The van der Waals surface area contributed by atoms with Crippen LogP contribution in [0.15, 0.2) is 24.3 Å². The first-order valence-corrected chi connectivity index (χ1v) is 7.34. The third-order valence-electron chi connectivity index (χ3n) is 3.45. The second kappa shape index (κ2) is 7.43. The molecular formula is C16H23NO4. The predicted octanol–water partition coefficient (Wildman–Crippen LogP) is 1.80. The van der Waals surface area contributed by atoms with Gasteiger partial charge in [-0.15, -0.1) is 0 Å². The molecule has 0 spiro atoms. The van der Waals surface area contributed by atoms with Crippen LogP contribution < -0.4 is 4.74 Å². The van der Waals surface area contributed by atoms with Crippen LogP contribution in [0, 0.1) is 0 Å². The molecule has 1 aliphatic heterocycles. The van der Waals surface area contributed by atoms with E-state index in [4.69, 9.17) is 14.6 Å². The van der Waals surface area contributed by atoms with Crippen LogP contribution in [0.1, 0.15) is 19.4 Å². The summed E-state index contributed by atoms with van der Waals surface area (Å²) in [7, 11) is 0. The molecule has 0 amide bonds. The average molecular weight is 293 g/mol. The average Bonchev–Trinajstić information content (AvgIpc) is 2.39. The third kappa shape index (κ3) is 5.36. The van der Waals surface area contributed by atoms with E-state index in [-0.39, 0.29) is 18.6 Å². The zero-order valence-electron chi connectivity index (χ0n) is 12.6. The number of hydrogen-bond acceptors (Lipinski definition) is 4. The normalized spacial score (nSPS) is 23.0. The number of carboxylic acid groups (broad SMARTS) is 1. The molecule has 2 atom stereocenters. The van der Waals surface area contributed by atoms with Crippen molar-refractivity contribution in [2.24, 2.45) is 0 Å². The van der Waals surface area contributed by atoms with Crippen LogP contribution in [-0.2, 0) is 16.0 Å². The van der Waals surface area contributed by atoms with Crippen LogP contribution in [0.25, 0.3) is 0 Å². The molecule has 0 aliphatic carbocycles. The molecule has 1 heterocycles. The lowest BCUT2D eigenvalue weighted by Crippen LogP contribution is -2.46. The molecule has 0 unspecified atom stereocenters. The van der Waals surface area contributed by atoms with E-state index in [0.717, 1.165) is 30.9 Å². The summed E-state index contributed by atoms with van der Waals surface area (Å²) in [5.74, 6) is -0.0438. The Balaban J connectivity index is 1.74. The largest absolute Gasteiger partial charge is 0.492 e. The first-order chi connectivity index (χ1) is 10.0. The summed E-state index contributed by atoms with van der Waals surface area (Å²) in [5.41, 5.74) is 0.783. The van der Waals surface area contributed by atoms with Crippen LogP contribution in [0.3, 0.4) is 0 Å². The monoisotopic (exact) mass is 293 g/mol. The van der Waals surface area contributed by atoms with E-state index >= 15 is 0 Å². The Morgan fingerprint density at radius 1 is 1.29 bits per heavy atom. The van der Waals surface area contributed by atoms with E-state index in [0.29, 0.717) is 6.61 Å². The Morgan fingerprint density at radius 3 is 2.48 bits per heavy atom. The van der Waals surface area contributed by atoms with Crippen molar-refractivity contribution < 1.29 is 19.4 Å². The maximum absolute atomic E-state index is 10.6. The molecule has 0 radical (unpaired) electrons. The van der Waals surface area contributed by atoms with Crippen molar-refractivity contribution in [1.82, 2.24) is 4.90 Å². The van der Waals surface area contributed by atoms with Crippen molar-refractivity contribution in [3.63, 3.8) is 0 Å². The van der Waals surface area contributed by atoms with Crippen molar-refractivity contribution in [1.29, 1.82) is 0 Å². The van der Waals surface area contributed by atoms with E-state index in [1.165, 1.54) is 0 Å². The lowest BCUT2D eigenvalue weighted by atomic mass is 10.1. The van der Waals surface area contributed by atoms with Gasteiger partial charge in [0.2, 0.25) is 0 Å². The number of morpholine rings is 1. The maximum atomic E-state index is 10.6. The SMILES string of the molecule is C[C@@H]1CN(CCOc2ccc(CC(=O)O)cc2)C[C@H](C)O1. The quantitative estimate of drug-likeness (QED) is 0.866. The summed E-state index contributed by atoms with van der Waals surface area (Å²) in [6, 6.07) is 7.23. The van der Waals surface area contributed by atoms with Gasteiger partial charge < -0.3 is 14.6 Å². The van der Waals surface area contributed by atoms with Crippen molar-refractivity contribution in [3.05, 3.63) is 29.8 Å². The molecule has 0 saturated carbocycles. The van der Waals surface area contributed by atoms with Crippen LogP contribution in [0.2, 0.25) is 0 Å². The van der Waals surface area contributed by atoms with Gasteiger partial charge in [0.05, 0.1) is 18.6 Å². The molecule has 0 bridgehead atoms. The topological polar surface area (TPSA) is 59.0 Å². The zero-order chi connectivity index (χ0) is 15.2. The van der Waals surface area contributed by atoms with Gasteiger partial charge >= 0.3 is 5.97 Å². The fourth-order valence-electron chi connectivity index (χ4n) is 2.64. The minimum absolute atomic E-state index is 0.0455. The molecule has 1 fully saturated rings. The van der Waals surface area contributed by atoms with Gasteiger partial charge in [0.25, 0.3) is 0 Å². The highest BCUT2D eigenvalue weighted by molar-refractivity contribution is 5.70. The van der Waals surface area contributed by atoms with Crippen LogP contribution in [0.5, 0.6) is 5.75 Å². The number of benzene rings is 1. The molecular weight excluding hydrogens is 270 g/mol. The van der Waals surface area contributed by atoms with Gasteiger partial charge in [-0.1, -0.05) is 12.1 Å². The Labute approximate surface area is 125 Å². The smallest absolute Gasteiger partial charge is 0.307 e. The fraction of sp³-hybridized carbons (Fsp3) is 0.562. The molecule has 1 N–H and O–H groups in total. The minimum Gasteiger partial charge on any atom is -0.492 e. The summed E-state index contributed by atoms with van der Waals surface area (Å²) in [4.78, 5) is 13.0. The molecule has 21 heavy (non-hydrogen) atoms. The number of ether oxygens (including phenoxy) is 2. The lowest BCUT2D eigenvalue weighted by Gasteiger charge is -2.35. The van der Waals surface area contributed by atoms with Gasteiger partial charge in [0.1, 0.15) is 12.4 Å². The standard InChI is InChI=1S/C16H23NO4/c1-12-10-17(11-13(2)21-12)7-8-20-15-5-3-14(4-6-15)9-16(18)19/h3-6,12-13H,7-11H2,1-2H3,(H,18,19)/t12-,13+. The highest BCUT2D eigenvalue weighted by Gasteiger charge is 2.21. The molecule has 2 rings (SSSR count). The summed E-state index contributed by atoms with van der Waals surface area (Å²) < 4.78 is 11.4. The molecule has 1 aromatic rings. The number of aliphatic carboxylic acids is 1. The van der Waals surface area contributed by atoms with Crippen molar-refractivity contribution in [2.45, 2.75) is 32.5 Å². The highest BCUT2D eigenvalue weighted by Crippen LogP contribution is 2.14. The molecule has 5 heteroatoms. The van der Waals surface area contributed by atoms with E-state index in [9.17, 15) is 4.79 Å². The molecule has 116 valence electrons. The Morgan fingerprint density at radius 2 is 1.90 bits per heavy atom. The van der Waals surface area contributed by atoms with Crippen molar-refractivity contribution >= 4 is 5.97 Å². The first kappa shape index (κ1) is 15.8. The van der Waals surface area contributed by atoms with Crippen LogP contribution in [-0.4, -0.2) is 54.4 Å². The molecule has 5 nitrogen and oxygen atoms in total. The lowest BCUT2D eigenvalue weighted by molar-refractivity contribution is -0.136. The van der Waals surface area contributed by atoms with E-state index in [1.807, 2.05) is 12.1 Å². The summed E-state index contributed by atoms with van der Waals surface area (Å²) in [6.45, 7) is 7.54. The second-order valence-corrected chi connectivity index (χ2v) is 5.58. The van der Waals surface area contributed by atoms with Gasteiger partial charge in [0, 0.05) is 19.6 Å². The second-order valence-electron chi connectivity index (χ2n) is 5.58. The third-order valence-corrected chi connectivity index (χ3v) is 3.45. The van der Waals surface area contributed by atoms with Gasteiger partial charge in [-0.2, -0.15) is 0 Å². The van der Waals surface area contributed by atoms with E-state index in [1.54, 1.807) is 12.1 Å². The number of carboxylic acids is 1. The molecule has 1 aromatic carbocycles. The predicted molar refractivity (Wildman–Crippen MR) is 79.7 cm³/mol. The van der Waals surface area contributed by atoms with Crippen LogP contribution in [0.4, 0.5) is 0 Å². The number of nitrogens with zero attached hydrogens (tertiary/aromatic N) is 1. The Bertz CT molecular complexity index is 450. The van der Waals surface area contributed by atoms with E-state index < -0.39 is 5.97 Å². The first-order valence-electron chi connectivity index (χ1n) is 7.34. The fourth-order valence-corrected chi connectivity index (χ4v) is 2.64. The van der Waals surface area contributed by atoms with Gasteiger partial charge in [-0.25, -0.2) is 0 Å². The number of rotatable bonds is 6. The van der Waals surface area contributed by atoms with Gasteiger partial charge in [-0.3, -0.25) is 9.69 Å². The summed E-state index contributed by atoms with van der Waals surface area (Å²) in [6.07, 6.45) is 0.581. The Hall–Kier alpha value is -1.59. The highest BCUT2D eigenvalue weighted by atomic mass is 16.5. The number of carbonyl (C=O) groups is 1. The van der Waals surface area contributed by atoms with E-state index in [2.05, 4.69) is 18.7 Å². The molecule has 1 aliphatic rings. The molecule has 0 aromatic heterocycles. The van der Waals surface area contributed by atoms with Gasteiger partial charge in [0.15, 0.2) is 0 Å². The Kier molecular flexibility index (Phi) is 5.59. The zero-order valence-corrected chi connectivity index (χ0v) is 12.6.